The topological polar surface area (TPSA) is 94.4 Å². The molecule has 1 saturated heterocycles. The molecule has 1 aliphatic heterocycles. The van der Waals surface area contributed by atoms with Crippen LogP contribution in [0.3, 0.4) is 0 Å². The van der Waals surface area contributed by atoms with Gasteiger partial charge in [-0.25, -0.2) is 8.42 Å². The maximum absolute atomic E-state index is 12.9. The molecule has 2 atom stereocenters. The monoisotopic (exact) mass is 484 g/mol. The Morgan fingerprint density at radius 2 is 2.06 bits per heavy atom. The summed E-state index contributed by atoms with van der Waals surface area (Å²) >= 11 is 7.51. The highest BCUT2D eigenvalue weighted by Crippen LogP contribution is 2.40. The summed E-state index contributed by atoms with van der Waals surface area (Å²) in [7, 11) is -1.37. The maximum Gasteiger partial charge on any atom is 0.235 e. The zero-order chi connectivity index (χ0) is 22.2. The van der Waals surface area contributed by atoms with Gasteiger partial charge in [0.15, 0.2) is 20.8 Å². The Kier molecular flexibility index (Phi) is 6.50. The van der Waals surface area contributed by atoms with Crippen LogP contribution in [-0.4, -0.2) is 63.8 Å². The van der Waals surface area contributed by atoms with Crippen molar-refractivity contribution in [1.82, 2.24) is 19.7 Å². The van der Waals surface area contributed by atoms with Crippen LogP contribution in [0, 0.1) is 0 Å². The minimum Gasteiger partial charge on any atom is -0.484 e. The molecule has 1 aliphatic carbocycles. The number of nitrogens with zero attached hydrogens (tertiary/aromatic N) is 4. The molecule has 2 heterocycles. The van der Waals surface area contributed by atoms with Gasteiger partial charge in [0.2, 0.25) is 5.91 Å². The number of carbonyl (C=O) groups is 1. The van der Waals surface area contributed by atoms with Gasteiger partial charge in [-0.2, -0.15) is 0 Å². The van der Waals surface area contributed by atoms with Gasteiger partial charge in [0.1, 0.15) is 12.4 Å². The number of hydrogen-bond acceptors (Lipinski definition) is 7. The largest absolute Gasteiger partial charge is 0.484 e. The van der Waals surface area contributed by atoms with E-state index in [4.69, 9.17) is 16.3 Å². The summed E-state index contributed by atoms with van der Waals surface area (Å²) in [6, 6.07) is 7.31. The van der Waals surface area contributed by atoms with Gasteiger partial charge in [-0.3, -0.25) is 9.36 Å². The third-order valence-corrected chi connectivity index (χ3v) is 8.68. The average molecular weight is 485 g/mol. The van der Waals surface area contributed by atoms with E-state index in [0.29, 0.717) is 34.2 Å². The molecular formula is C20H25ClN4O4S2. The van der Waals surface area contributed by atoms with E-state index in [-0.39, 0.29) is 30.1 Å². The Hall–Kier alpha value is -1.78. The first-order chi connectivity index (χ1) is 14.7. The molecule has 0 unspecified atom stereocenters. The van der Waals surface area contributed by atoms with Crippen LogP contribution in [0.25, 0.3) is 0 Å². The Labute approximate surface area is 191 Å². The van der Waals surface area contributed by atoms with Crippen LogP contribution in [0.4, 0.5) is 0 Å². The minimum absolute atomic E-state index is 0.0361. The molecule has 1 saturated carbocycles. The standard InChI is InChI=1S/C20H25ClN4O4S2/c1-13(19(26)24(2)15-9-10-31(27,28)12-15)30-20-23-22-18(25(20)14-7-8-14)11-29-17-6-4-3-5-16(17)21/h3-6,13-15H,7-12H2,1-2H3/t13-,15-/m1/s1. The molecule has 31 heavy (non-hydrogen) atoms. The lowest BCUT2D eigenvalue weighted by Crippen LogP contribution is -2.41. The van der Waals surface area contributed by atoms with E-state index in [2.05, 4.69) is 10.2 Å². The summed E-state index contributed by atoms with van der Waals surface area (Å²) in [5.41, 5.74) is 0. The second-order valence-electron chi connectivity index (χ2n) is 7.99. The SMILES string of the molecule is C[C@@H](Sc1nnc(COc2ccccc2Cl)n1C1CC1)C(=O)N(C)[C@@H]1CCS(=O)(=O)C1. The molecule has 2 fully saturated rings. The third kappa shape index (κ3) is 5.18. The van der Waals surface area contributed by atoms with Crippen LogP contribution in [0.15, 0.2) is 29.4 Å². The molecule has 168 valence electrons. The van der Waals surface area contributed by atoms with Crippen LogP contribution in [-0.2, 0) is 21.2 Å². The quantitative estimate of drug-likeness (QED) is 0.531. The smallest absolute Gasteiger partial charge is 0.235 e. The Bertz CT molecular complexity index is 1070. The van der Waals surface area contributed by atoms with Gasteiger partial charge in [0, 0.05) is 19.1 Å². The van der Waals surface area contributed by atoms with Crippen LogP contribution in [0.5, 0.6) is 5.75 Å². The van der Waals surface area contributed by atoms with Gasteiger partial charge in [-0.1, -0.05) is 35.5 Å². The molecule has 4 rings (SSSR count). The number of benzene rings is 1. The normalized spacial score (nSPS) is 21.1. The molecule has 1 amide bonds. The van der Waals surface area contributed by atoms with Crippen molar-refractivity contribution in [2.45, 2.75) is 55.3 Å². The van der Waals surface area contributed by atoms with Crippen LogP contribution >= 0.6 is 23.4 Å². The molecule has 1 aromatic carbocycles. The summed E-state index contributed by atoms with van der Waals surface area (Å²) in [4.78, 5) is 14.5. The highest BCUT2D eigenvalue weighted by Gasteiger charge is 2.36. The molecule has 2 aliphatic rings. The molecule has 1 aromatic heterocycles. The van der Waals surface area contributed by atoms with E-state index in [9.17, 15) is 13.2 Å². The lowest BCUT2D eigenvalue weighted by atomic mass is 10.2. The molecule has 11 heteroatoms. The molecular weight excluding hydrogens is 460 g/mol. The summed E-state index contributed by atoms with van der Waals surface area (Å²) < 4.78 is 31.4. The van der Waals surface area contributed by atoms with Crippen LogP contribution in [0.2, 0.25) is 5.02 Å². The van der Waals surface area contributed by atoms with E-state index in [1.807, 2.05) is 23.6 Å². The maximum atomic E-state index is 12.9. The zero-order valence-electron chi connectivity index (χ0n) is 17.4. The number of rotatable bonds is 8. The fraction of sp³-hybridized carbons (Fsp3) is 0.550. The lowest BCUT2D eigenvalue weighted by Gasteiger charge is -2.26. The number of para-hydroxylation sites is 1. The van der Waals surface area contributed by atoms with Crippen molar-refractivity contribution in [1.29, 1.82) is 0 Å². The highest BCUT2D eigenvalue weighted by atomic mass is 35.5. The number of carbonyl (C=O) groups excluding carboxylic acids is 1. The summed E-state index contributed by atoms with van der Waals surface area (Å²) in [5, 5.41) is 9.40. The zero-order valence-corrected chi connectivity index (χ0v) is 19.8. The van der Waals surface area contributed by atoms with E-state index < -0.39 is 15.1 Å². The number of sulfone groups is 1. The van der Waals surface area contributed by atoms with Crippen molar-refractivity contribution in [2.75, 3.05) is 18.6 Å². The first-order valence-corrected chi connectivity index (χ1v) is 13.3. The van der Waals surface area contributed by atoms with Crippen molar-refractivity contribution >= 4 is 39.1 Å². The minimum atomic E-state index is -3.05. The first-order valence-electron chi connectivity index (χ1n) is 10.2. The fourth-order valence-electron chi connectivity index (χ4n) is 3.65. The van der Waals surface area contributed by atoms with Crippen molar-refractivity contribution in [3.63, 3.8) is 0 Å². The van der Waals surface area contributed by atoms with Gasteiger partial charge >= 0.3 is 0 Å². The van der Waals surface area contributed by atoms with E-state index in [1.165, 1.54) is 11.8 Å². The molecule has 0 spiro atoms. The Morgan fingerprint density at radius 1 is 1.32 bits per heavy atom. The number of thioether (sulfide) groups is 1. The van der Waals surface area contributed by atoms with Crippen LogP contribution in [0.1, 0.15) is 38.1 Å². The molecule has 8 nitrogen and oxygen atoms in total. The van der Waals surface area contributed by atoms with Gasteiger partial charge in [-0.05, 0) is 38.3 Å². The number of aromatic nitrogens is 3. The summed E-state index contributed by atoms with van der Waals surface area (Å²) in [5.74, 6) is 1.35. The second kappa shape index (κ2) is 8.99. The third-order valence-electron chi connectivity index (χ3n) is 5.57. The predicted octanol–water partition coefficient (Wildman–Crippen LogP) is 2.97. The number of ether oxygens (including phenoxy) is 1. The fourth-order valence-corrected chi connectivity index (χ4v) is 6.65. The second-order valence-corrected chi connectivity index (χ2v) is 11.9. The summed E-state index contributed by atoms with van der Waals surface area (Å²) in [6.45, 7) is 2.05. The van der Waals surface area contributed by atoms with Gasteiger partial charge < -0.3 is 9.64 Å². The highest BCUT2D eigenvalue weighted by molar-refractivity contribution is 8.00. The molecule has 0 radical (unpaired) electrons. The van der Waals surface area contributed by atoms with Gasteiger partial charge in [0.25, 0.3) is 0 Å². The Morgan fingerprint density at radius 3 is 2.71 bits per heavy atom. The summed E-state index contributed by atoms with van der Waals surface area (Å²) in [6.07, 6.45) is 2.56. The lowest BCUT2D eigenvalue weighted by molar-refractivity contribution is -0.130. The number of hydrogen-bond donors (Lipinski definition) is 0. The van der Waals surface area contributed by atoms with Crippen molar-refractivity contribution in [2.24, 2.45) is 0 Å². The van der Waals surface area contributed by atoms with Crippen molar-refractivity contribution in [3.8, 4) is 5.75 Å². The number of halogens is 1. The van der Waals surface area contributed by atoms with Gasteiger partial charge in [0.05, 0.1) is 21.8 Å². The van der Waals surface area contributed by atoms with E-state index in [1.54, 1.807) is 24.1 Å². The average Bonchev–Trinajstić information content (AvgIpc) is 3.40. The molecule has 0 N–H and O–H groups in total. The van der Waals surface area contributed by atoms with E-state index in [0.717, 1.165) is 12.8 Å². The number of amides is 1. The molecule has 0 bridgehead atoms. The van der Waals surface area contributed by atoms with Crippen molar-refractivity contribution in [3.05, 3.63) is 35.1 Å². The predicted molar refractivity (Wildman–Crippen MR) is 119 cm³/mol. The van der Waals surface area contributed by atoms with E-state index >= 15 is 0 Å². The molecule has 2 aromatic rings. The van der Waals surface area contributed by atoms with Gasteiger partial charge in [-0.15, -0.1) is 10.2 Å². The Balaban J connectivity index is 1.43. The van der Waals surface area contributed by atoms with Crippen LogP contribution < -0.4 is 4.74 Å². The van der Waals surface area contributed by atoms with Crippen molar-refractivity contribution < 1.29 is 17.9 Å². The first kappa shape index (κ1) is 22.4.